The van der Waals surface area contributed by atoms with Crippen molar-refractivity contribution in [2.75, 3.05) is 19.6 Å². The first kappa shape index (κ1) is 14.7. The summed E-state index contributed by atoms with van der Waals surface area (Å²) in [6.45, 7) is -1.50. The summed E-state index contributed by atoms with van der Waals surface area (Å²) >= 11 is 0. The van der Waals surface area contributed by atoms with Gasteiger partial charge < -0.3 is 14.9 Å². The third-order valence-corrected chi connectivity index (χ3v) is 2.05. The van der Waals surface area contributed by atoms with Crippen molar-refractivity contribution in [1.82, 2.24) is 4.90 Å². The van der Waals surface area contributed by atoms with E-state index in [2.05, 4.69) is 0 Å². The number of benzene rings is 1. The first-order chi connectivity index (χ1) is 8.97. The first-order valence-corrected chi connectivity index (χ1v) is 5.39. The molecule has 102 valence electrons. The fourth-order valence-electron chi connectivity index (χ4n) is 1.39. The Morgan fingerprint density at radius 3 is 1.95 bits per heavy atom. The summed E-state index contributed by atoms with van der Waals surface area (Å²) in [6, 6.07) is 8.23. The predicted octanol–water partition coefficient (Wildman–Crippen LogP) is 0.0632. The second-order valence-corrected chi connectivity index (χ2v) is 3.72. The lowest BCUT2D eigenvalue weighted by molar-refractivity contribution is -0.143. The van der Waals surface area contributed by atoms with Crippen LogP contribution < -0.4 is 4.74 Å². The molecule has 1 rings (SSSR count). The average molecular weight is 267 g/mol. The second kappa shape index (κ2) is 7.12. The van der Waals surface area contributed by atoms with Crippen molar-refractivity contribution < 1.29 is 29.3 Å². The summed E-state index contributed by atoms with van der Waals surface area (Å²) in [5, 5.41) is 17.2. The van der Waals surface area contributed by atoms with Gasteiger partial charge in [0.15, 0.2) is 0 Å². The number of esters is 1. The molecule has 1 aromatic carbocycles. The van der Waals surface area contributed by atoms with Crippen LogP contribution in [0, 0.1) is 0 Å². The van der Waals surface area contributed by atoms with Crippen LogP contribution in [0.5, 0.6) is 5.75 Å². The molecule has 0 radical (unpaired) electrons. The molecule has 0 heterocycles. The number of hydrogen-bond acceptors (Lipinski definition) is 5. The molecular weight excluding hydrogens is 254 g/mol. The monoisotopic (exact) mass is 267 g/mol. The Morgan fingerprint density at radius 1 is 0.947 bits per heavy atom. The molecule has 0 aliphatic rings. The molecule has 0 spiro atoms. The number of rotatable bonds is 7. The van der Waals surface area contributed by atoms with E-state index >= 15 is 0 Å². The normalized spacial score (nSPS) is 10.2. The molecule has 7 heteroatoms. The molecular formula is C12H13NO6. The molecule has 0 aromatic heterocycles. The highest BCUT2D eigenvalue weighted by atomic mass is 16.5. The number of carboxylic acid groups (broad SMARTS) is 2. The number of para-hydroxylation sites is 1. The summed E-state index contributed by atoms with van der Waals surface area (Å²) in [4.78, 5) is 33.6. The van der Waals surface area contributed by atoms with Gasteiger partial charge in [0, 0.05) is 0 Å². The summed E-state index contributed by atoms with van der Waals surface area (Å²) in [6.07, 6.45) is 0. The van der Waals surface area contributed by atoms with Gasteiger partial charge >= 0.3 is 17.9 Å². The Kier molecular flexibility index (Phi) is 5.49. The van der Waals surface area contributed by atoms with E-state index in [1.54, 1.807) is 30.3 Å². The van der Waals surface area contributed by atoms with E-state index in [0.717, 1.165) is 4.90 Å². The topological polar surface area (TPSA) is 104 Å². The number of ether oxygens (including phenoxy) is 1. The fourth-order valence-corrected chi connectivity index (χ4v) is 1.39. The lowest BCUT2D eigenvalue weighted by Crippen LogP contribution is -2.39. The summed E-state index contributed by atoms with van der Waals surface area (Å²) in [7, 11) is 0. The number of nitrogens with zero attached hydrogens (tertiary/aromatic N) is 1. The predicted molar refractivity (Wildman–Crippen MR) is 63.8 cm³/mol. The molecule has 1 aromatic rings. The SMILES string of the molecule is O=C(O)CN(CC(=O)O)CC(=O)Oc1ccccc1. The van der Waals surface area contributed by atoms with Crippen LogP contribution >= 0.6 is 0 Å². The Hall–Kier alpha value is -2.41. The highest BCUT2D eigenvalue weighted by molar-refractivity contribution is 5.78. The summed E-state index contributed by atoms with van der Waals surface area (Å²) in [5.74, 6) is -2.82. The molecule has 0 saturated heterocycles. The van der Waals surface area contributed by atoms with Gasteiger partial charge in [-0.2, -0.15) is 0 Å². The van der Waals surface area contributed by atoms with Crippen LogP contribution in [0.15, 0.2) is 30.3 Å². The van der Waals surface area contributed by atoms with Crippen molar-refractivity contribution in [2.24, 2.45) is 0 Å². The Morgan fingerprint density at radius 2 is 1.47 bits per heavy atom. The van der Waals surface area contributed by atoms with Gasteiger partial charge in [0.05, 0.1) is 19.6 Å². The van der Waals surface area contributed by atoms with Gasteiger partial charge in [-0.1, -0.05) is 18.2 Å². The highest BCUT2D eigenvalue weighted by Gasteiger charge is 2.18. The molecule has 2 N–H and O–H groups in total. The lowest BCUT2D eigenvalue weighted by Gasteiger charge is -2.16. The van der Waals surface area contributed by atoms with E-state index in [1.807, 2.05) is 0 Å². The van der Waals surface area contributed by atoms with Gasteiger partial charge in [0.2, 0.25) is 0 Å². The van der Waals surface area contributed by atoms with Gasteiger partial charge in [-0.15, -0.1) is 0 Å². The number of carbonyl (C=O) groups excluding carboxylic acids is 1. The van der Waals surface area contributed by atoms with Crippen LogP contribution in [0.3, 0.4) is 0 Å². The second-order valence-electron chi connectivity index (χ2n) is 3.72. The zero-order chi connectivity index (χ0) is 14.3. The number of aliphatic carboxylic acids is 2. The van der Waals surface area contributed by atoms with Crippen LogP contribution in [0.2, 0.25) is 0 Å². The number of carboxylic acids is 2. The minimum atomic E-state index is -1.21. The number of hydrogen-bond donors (Lipinski definition) is 2. The number of carbonyl (C=O) groups is 3. The molecule has 19 heavy (non-hydrogen) atoms. The Bertz CT molecular complexity index is 443. The van der Waals surface area contributed by atoms with Gasteiger partial charge in [-0.3, -0.25) is 19.3 Å². The minimum absolute atomic E-state index is 0.318. The maximum Gasteiger partial charge on any atom is 0.325 e. The van der Waals surface area contributed by atoms with Crippen molar-refractivity contribution in [3.8, 4) is 5.75 Å². The standard InChI is InChI=1S/C12H13NO6/c14-10(15)6-13(7-11(16)17)8-12(18)19-9-4-2-1-3-5-9/h1-5H,6-8H2,(H,14,15)(H,16,17). The molecule has 0 bridgehead atoms. The smallest absolute Gasteiger partial charge is 0.325 e. The van der Waals surface area contributed by atoms with Crippen molar-refractivity contribution in [2.45, 2.75) is 0 Å². The molecule has 0 aliphatic carbocycles. The van der Waals surface area contributed by atoms with Crippen LogP contribution in [0.1, 0.15) is 0 Å². The van der Waals surface area contributed by atoms with Crippen LogP contribution in [-0.2, 0) is 14.4 Å². The minimum Gasteiger partial charge on any atom is -0.480 e. The highest BCUT2D eigenvalue weighted by Crippen LogP contribution is 2.08. The fraction of sp³-hybridized carbons (Fsp3) is 0.250. The van der Waals surface area contributed by atoms with Crippen LogP contribution in [-0.4, -0.2) is 52.7 Å². The van der Waals surface area contributed by atoms with Gasteiger partial charge in [-0.05, 0) is 12.1 Å². The molecule has 0 amide bonds. The van der Waals surface area contributed by atoms with Crippen LogP contribution in [0.25, 0.3) is 0 Å². The van der Waals surface area contributed by atoms with Crippen molar-refractivity contribution in [1.29, 1.82) is 0 Å². The van der Waals surface area contributed by atoms with Gasteiger partial charge in [-0.25, -0.2) is 0 Å². The van der Waals surface area contributed by atoms with Crippen LogP contribution in [0.4, 0.5) is 0 Å². The summed E-state index contributed by atoms with van der Waals surface area (Å²) in [5.41, 5.74) is 0. The molecule has 0 unspecified atom stereocenters. The third kappa shape index (κ3) is 6.18. The average Bonchev–Trinajstić information content (AvgIpc) is 2.27. The molecule has 7 nitrogen and oxygen atoms in total. The first-order valence-electron chi connectivity index (χ1n) is 5.39. The Labute approximate surface area is 109 Å². The largest absolute Gasteiger partial charge is 0.480 e. The van der Waals surface area contributed by atoms with E-state index < -0.39 is 37.5 Å². The lowest BCUT2D eigenvalue weighted by atomic mass is 10.3. The maximum absolute atomic E-state index is 11.5. The van der Waals surface area contributed by atoms with Crippen molar-refractivity contribution in [3.63, 3.8) is 0 Å². The zero-order valence-corrected chi connectivity index (χ0v) is 9.98. The van der Waals surface area contributed by atoms with E-state index in [-0.39, 0.29) is 0 Å². The van der Waals surface area contributed by atoms with Gasteiger partial charge in [0.1, 0.15) is 5.75 Å². The summed E-state index contributed by atoms with van der Waals surface area (Å²) < 4.78 is 4.94. The molecule has 0 atom stereocenters. The molecule has 0 fully saturated rings. The van der Waals surface area contributed by atoms with E-state index in [9.17, 15) is 14.4 Å². The van der Waals surface area contributed by atoms with Crippen molar-refractivity contribution >= 4 is 17.9 Å². The molecule has 0 aliphatic heterocycles. The third-order valence-electron chi connectivity index (χ3n) is 2.05. The van der Waals surface area contributed by atoms with E-state index in [1.165, 1.54) is 0 Å². The van der Waals surface area contributed by atoms with Crippen molar-refractivity contribution in [3.05, 3.63) is 30.3 Å². The quantitative estimate of drug-likeness (QED) is 0.531. The van der Waals surface area contributed by atoms with Gasteiger partial charge in [0.25, 0.3) is 0 Å². The van der Waals surface area contributed by atoms with E-state index in [4.69, 9.17) is 14.9 Å². The van der Waals surface area contributed by atoms with E-state index in [0.29, 0.717) is 5.75 Å². The Balaban J connectivity index is 2.55. The molecule has 0 saturated carbocycles. The maximum atomic E-state index is 11.5. The zero-order valence-electron chi connectivity index (χ0n) is 9.98.